The Morgan fingerprint density at radius 2 is 1.86 bits per heavy atom. The average Bonchev–Trinajstić information content (AvgIpc) is 2.30. The molecule has 0 bridgehead atoms. The van der Waals surface area contributed by atoms with Crippen molar-refractivity contribution in [1.82, 2.24) is 0 Å². The van der Waals surface area contributed by atoms with Crippen molar-refractivity contribution in [2.75, 3.05) is 0 Å². The Bertz CT molecular complexity index is 385. The van der Waals surface area contributed by atoms with E-state index in [0.29, 0.717) is 12.0 Å². The molecule has 0 saturated heterocycles. The van der Waals surface area contributed by atoms with E-state index in [1.807, 2.05) is 13.8 Å². The molecule has 1 nitrogen and oxygen atoms in total. The van der Waals surface area contributed by atoms with E-state index in [0.717, 1.165) is 12.1 Å². The minimum Gasteiger partial charge on any atom is -0.388 e. The number of hydrogen-bond acceptors (Lipinski definition) is 1. The highest BCUT2D eigenvalue weighted by molar-refractivity contribution is 5.42. The topological polar surface area (TPSA) is 20.2 Å². The third kappa shape index (κ3) is 1.16. The van der Waals surface area contributed by atoms with Crippen LogP contribution in [0.25, 0.3) is 0 Å². The highest BCUT2D eigenvalue weighted by atomic mass is 19.1. The van der Waals surface area contributed by atoms with Crippen LogP contribution in [0, 0.1) is 11.6 Å². The summed E-state index contributed by atoms with van der Waals surface area (Å²) in [5.74, 6) is -0.942. The van der Waals surface area contributed by atoms with Crippen LogP contribution < -0.4 is 0 Å². The van der Waals surface area contributed by atoms with Crippen LogP contribution in [0.15, 0.2) is 12.1 Å². The van der Waals surface area contributed by atoms with Crippen molar-refractivity contribution in [3.05, 3.63) is 34.9 Å². The highest BCUT2D eigenvalue weighted by Crippen LogP contribution is 2.46. The van der Waals surface area contributed by atoms with Crippen LogP contribution in [0.4, 0.5) is 8.78 Å². The second-order valence-electron chi connectivity index (χ2n) is 4.42. The molecule has 0 spiro atoms. The molecule has 0 unspecified atom stereocenters. The maximum absolute atomic E-state index is 13.5. The largest absolute Gasteiger partial charge is 0.388 e. The minimum atomic E-state index is -0.879. The van der Waals surface area contributed by atoms with Gasteiger partial charge in [-0.1, -0.05) is 13.8 Å². The van der Waals surface area contributed by atoms with Gasteiger partial charge in [0.25, 0.3) is 0 Å². The predicted molar refractivity (Wildman–Crippen MR) is 49.0 cm³/mol. The van der Waals surface area contributed by atoms with Gasteiger partial charge >= 0.3 is 0 Å². The van der Waals surface area contributed by atoms with E-state index in [9.17, 15) is 13.9 Å². The highest BCUT2D eigenvalue weighted by Gasteiger charge is 2.40. The predicted octanol–water partition coefficient (Wildman–Crippen LogP) is 2.68. The lowest BCUT2D eigenvalue weighted by Gasteiger charge is -2.18. The third-order valence-corrected chi connectivity index (χ3v) is 2.86. The van der Waals surface area contributed by atoms with E-state index in [1.54, 1.807) is 0 Å². The normalized spacial score (nSPS) is 23.6. The molecule has 76 valence electrons. The monoisotopic (exact) mass is 198 g/mol. The first-order valence-electron chi connectivity index (χ1n) is 4.60. The number of fused-ring (bicyclic) bond motifs is 1. The number of hydrogen-bond donors (Lipinski definition) is 1. The lowest BCUT2D eigenvalue weighted by atomic mass is 9.86. The van der Waals surface area contributed by atoms with Gasteiger partial charge in [0.05, 0.1) is 6.10 Å². The number of halogens is 2. The summed E-state index contributed by atoms with van der Waals surface area (Å²) in [6, 6.07) is 2.19. The number of aliphatic hydroxyl groups excluding tert-OH is 1. The zero-order valence-electron chi connectivity index (χ0n) is 8.14. The van der Waals surface area contributed by atoms with Crippen LogP contribution in [0.3, 0.4) is 0 Å². The Morgan fingerprint density at radius 3 is 2.43 bits per heavy atom. The molecule has 1 aromatic rings. The molecule has 1 aliphatic carbocycles. The standard InChI is InChI=1S/C11H12F2O/c1-11(2)5-8(14)9-6(12)3-4-7(13)10(9)11/h3-4,8,14H,5H2,1-2H3/t8-/m0/s1. The Kier molecular flexibility index (Phi) is 1.89. The summed E-state index contributed by atoms with van der Waals surface area (Å²) >= 11 is 0. The van der Waals surface area contributed by atoms with Crippen LogP contribution in [0.1, 0.15) is 37.5 Å². The smallest absolute Gasteiger partial charge is 0.129 e. The van der Waals surface area contributed by atoms with Crippen molar-refractivity contribution >= 4 is 0 Å². The fraction of sp³-hybridized carbons (Fsp3) is 0.455. The van der Waals surface area contributed by atoms with Gasteiger partial charge in [0.15, 0.2) is 0 Å². The van der Waals surface area contributed by atoms with Crippen LogP contribution in [-0.4, -0.2) is 5.11 Å². The summed E-state index contributed by atoms with van der Waals surface area (Å²) in [6.45, 7) is 3.62. The first kappa shape index (κ1) is 9.59. The molecule has 0 radical (unpaired) electrons. The Labute approximate surface area is 81.4 Å². The summed E-state index contributed by atoms with van der Waals surface area (Å²) in [5, 5.41) is 9.62. The molecular formula is C11H12F2O. The number of benzene rings is 1. The molecule has 0 aliphatic heterocycles. The zero-order chi connectivity index (χ0) is 10.5. The van der Waals surface area contributed by atoms with Gasteiger partial charge in [-0.15, -0.1) is 0 Å². The number of rotatable bonds is 0. The van der Waals surface area contributed by atoms with Crippen LogP contribution >= 0.6 is 0 Å². The van der Waals surface area contributed by atoms with Crippen molar-refractivity contribution in [3.8, 4) is 0 Å². The van der Waals surface area contributed by atoms with Gasteiger partial charge in [-0.2, -0.15) is 0 Å². The van der Waals surface area contributed by atoms with Crippen molar-refractivity contribution in [3.63, 3.8) is 0 Å². The maximum atomic E-state index is 13.5. The molecule has 0 fully saturated rings. The quantitative estimate of drug-likeness (QED) is 0.679. The molecule has 3 heteroatoms. The van der Waals surface area contributed by atoms with Gasteiger partial charge in [0.2, 0.25) is 0 Å². The molecule has 0 saturated carbocycles. The lowest BCUT2D eigenvalue weighted by molar-refractivity contribution is 0.158. The van der Waals surface area contributed by atoms with Crippen LogP contribution in [-0.2, 0) is 5.41 Å². The van der Waals surface area contributed by atoms with E-state index in [2.05, 4.69) is 0 Å². The molecule has 1 atom stereocenters. The average molecular weight is 198 g/mol. The van der Waals surface area contributed by atoms with E-state index in [1.165, 1.54) is 0 Å². The molecule has 14 heavy (non-hydrogen) atoms. The SMILES string of the molecule is CC1(C)C[C@H](O)c2c(F)ccc(F)c21. The minimum absolute atomic E-state index is 0.134. The second kappa shape index (κ2) is 2.76. The molecule has 0 heterocycles. The molecule has 2 rings (SSSR count). The van der Waals surface area contributed by atoms with E-state index in [-0.39, 0.29) is 5.56 Å². The number of aliphatic hydroxyl groups is 1. The molecule has 1 aromatic carbocycles. The fourth-order valence-corrected chi connectivity index (χ4v) is 2.27. The summed E-state index contributed by atoms with van der Waals surface area (Å²) in [5.41, 5.74) is -0.0269. The van der Waals surface area contributed by atoms with Gasteiger partial charge in [-0.25, -0.2) is 8.78 Å². The van der Waals surface area contributed by atoms with Crippen molar-refractivity contribution in [1.29, 1.82) is 0 Å². The van der Waals surface area contributed by atoms with Crippen molar-refractivity contribution < 1.29 is 13.9 Å². The van der Waals surface area contributed by atoms with Crippen LogP contribution in [0.2, 0.25) is 0 Å². The molecule has 0 amide bonds. The molecule has 1 N–H and O–H groups in total. The van der Waals surface area contributed by atoms with Gasteiger partial charge in [-0.05, 0) is 24.0 Å². The van der Waals surface area contributed by atoms with Gasteiger partial charge < -0.3 is 5.11 Å². The van der Waals surface area contributed by atoms with Gasteiger partial charge in [0, 0.05) is 11.1 Å². The lowest BCUT2D eigenvalue weighted by Crippen LogP contribution is -2.14. The van der Waals surface area contributed by atoms with E-state index in [4.69, 9.17) is 0 Å². The molecular weight excluding hydrogens is 186 g/mol. The Hall–Kier alpha value is -0.960. The molecule has 0 aromatic heterocycles. The first-order chi connectivity index (χ1) is 6.43. The molecule has 1 aliphatic rings. The zero-order valence-corrected chi connectivity index (χ0v) is 8.14. The van der Waals surface area contributed by atoms with E-state index < -0.39 is 23.2 Å². The maximum Gasteiger partial charge on any atom is 0.129 e. The Morgan fingerprint density at radius 1 is 1.29 bits per heavy atom. The van der Waals surface area contributed by atoms with Crippen molar-refractivity contribution in [2.24, 2.45) is 0 Å². The first-order valence-corrected chi connectivity index (χ1v) is 4.60. The second-order valence-corrected chi connectivity index (χ2v) is 4.42. The van der Waals surface area contributed by atoms with Gasteiger partial charge in [0.1, 0.15) is 11.6 Å². The summed E-state index contributed by atoms with van der Waals surface area (Å²) in [7, 11) is 0. The van der Waals surface area contributed by atoms with Gasteiger partial charge in [-0.3, -0.25) is 0 Å². The van der Waals surface area contributed by atoms with E-state index >= 15 is 0 Å². The third-order valence-electron chi connectivity index (χ3n) is 2.86. The summed E-state index contributed by atoms with van der Waals surface area (Å²) < 4.78 is 26.8. The van der Waals surface area contributed by atoms with Crippen molar-refractivity contribution in [2.45, 2.75) is 31.8 Å². The summed E-state index contributed by atoms with van der Waals surface area (Å²) in [4.78, 5) is 0. The summed E-state index contributed by atoms with van der Waals surface area (Å²) in [6.07, 6.45) is -0.504. The fourth-order valence-electron chi connectivity index (χ4n) is 2.27. The van der Waals surface area contributed by atoms with Crippen LogP contribution in [0.5, 0.6) is 0 Å². The Balaban J connectivity index is 2.73.